The van der Waals surface area contributed by atoms with Crippen LogP contribution in [0.5, 0.6) is 0 Å². The van der Waals surface area contributed by atoms with Crippen molar-refractivity contribution in [2.45, 2.75) is 19.4 Å². The second kappa shape index (κ2) is 8.27. The maximum absolute atomic E-state index is 12.7. The summed E-state index contributed by atoms with van der Waals surface area (Å²) in [6, 6.07) is 23.2. The van der Waals surface area contributed by atoms with Crippen molar-refractivity contribution < 1.29 is 9.72 Å². The number of anilines is 1. The average molecular weight is 360 g/mol. The van der Waals surface area contributed by atoms with Crippen LogP contribution in [0.3, 0.4) is 0 Å². The van der Waals surface area contributed by atoms with Gasteiger partial charge in [0.1, 0.15) is 0 Å². The van der Waals surface area contributed by atoms with Crippen molar-refractivity contribution >= 4 is 17.2 Å². The molecule has 0 aliphatic rings. The van der Waals surface area contributed by atoms with Crippen LogP contribution >= 0.6 is 0 Å². The Balaban J connectivity index is 1.84. The number of nitro benzene ring substituents is 1. The van der Waals surface area contributed by atoms with Gasteiger partial charge in [-0.25, -0.2) is 0 Å². The molecule has 1 N–H and O–H groups in total. The lowest BCUT2D eigenvalue weighted by Crippen LogP contribution is -2.16. The normalized spacial score (nSPS) is 11.6. The third-order valence-corrected chi connectivity index (χ3v) is 4.38. The molecule has 5 nitrogen and oxygen atoms in total. The van der Waals surface area contributed by atoms with Gasteiger partial charge in [0.15, 0.2) is 5.78 Å². The van der Waals surface area contributed by atoms with E-state index >= 15 is 0 Å². The number of nitrogens with zero attached hydrogens (tertiary/aromatic N) is 1. The molecule has 0 aliphatic heterocycles. The van der Waals surface area contributed by atoms with E-state index in [2.05, 4.69) is 5.32 Å². The van der Waals surface area contributed by atoms with Crippen LogP contribution in [0.1, 0.15) is 33.9 Å². The van der Waals surface area contributed by atoms with Gasteiger partial charge in [-0.3, -0.25) is 14.9 Å². The molecule has 0 heterocycles. The third-order valence-electron chi connectivity index (χ3n) is 4.38. The lowest BCUT2D eigenvalue weighted by atomic mass is 9.97. The number of carbonyl (C=O) groups is 1. The van der Waals surface area contributed by atoms with Crippen LogP contribution in [0.4, 0.5) is 11.4 Å². The molecule has 1 unspecified atom stereocenters. The molecule has 1 atom stereocenters. The summed E-state index contributed by atoms with van der Waals surface area (Å²) in [7, 11) is 0. The number of aryl methyl sites for hydroxylation is 1. The van der Waals surface area contributed by atoms with Crippen molar-refractivity contribution in [1.82, 2.24) is 0 Å². The fraction of sp³-hybridized carbons (Fsp3) is 0.136. The zero-order valence-electron chi connectivity index (χ0n) is 15.0. The number of benzene rings is 3. The maximum atomic E-state index is 12.7. The SMILES string of the molecule is Cc1ccc(C(CC(=O)c2ccccc2)Nc2ccc([N+](=O)[O-])cc2)cc1. The standard InChI is InChI=1S/C22H20N2O3/c1-16-7-9-17(10-8-16)21(15-22(25)18-5-3-2-4-6-18)23-19-11-13-20(14-12-19)24(26)27/h2-14,21,23H,15H2,1H3. The molecular formula is C22H20N2O3. The van der Waals surface area contributed by atoms with Crippen molar-refractivity contribution in [2.75, 3.05) is 5.32 Å². The highest BCUT2D eigenvalue weighted by molar-refractivity contribution is 5.96. The molecule has 0 fully saturated rings. The molecule has 0 radical (unpaired) electrons. The number of nitrogens with one attached hydrogen (secondary N) is 1. The molecule has 3 rings (SSSR count). The minimum atomic E-state index is -0.430. The predicted molar refractivity (Wildman–Crippen MR) is 106 cm³/mol. The van der Waals surface area contributed by atoms with Gasteiger partial charge in [0.25, 0.3) is 5.69 Å². The molecule has 0 aliphatic carbocycles. The topological polar surface area (TPSA) is 72.2 Å². The van der Waals surface area contributed by atoms with Gasteiger partial charge >= 0.3 is 0 Å². The highest BCUT2D eigenvalue weighted by Crippen LogP contribution is 2.26. The van der Waals surface area contributed by atoms with Crippen molar-refractivity contribution in [3.8, 4) is 0 Å². The van der Waals surface area contributed by atoms with Crippen LogP contribution in [0.2, 0.25) is 0 Å². The van der Waals surface area contributed by atoms with Crippen molar-refractivity contribution in [1.29, 1.82) is 0 Å². The van der Waals surface area contributed by atoms with Crippen molar-refractivity contribution in [3.63, 3.8) is 0 Å². The van der Waals surface area contributed by atoms with E-state index in [9.17, 15) is 14.9 Å². The Morgan fingerprint density at radius 2 is 1.59 bits per heavy atom. The smallest absolute Gasteiger partial charge is 0.269 e. The summed E-state index contributed by atoms with van der Waals surface area (Å²) >= 11 is 0. The number of non-ortho nitro benzene ring substituents is 1. The van der Waals surface area contributed by atoms with E-state index in [1.54, 1.807) is 24.3 Å². The van der Waals surface area contributed by atoms with E-state index in [4.69, 9.17) is 0 Å². The predicted octanol–water partition coefficient (Wildman–Crippen LogP) is 5.33. The molecule has 0 saturated carbocycles. The Morgan fingerprint density at radius 3 is 2.19 bits per heavy atom. The van der Waals surface area contributed by atoms with Crippen molar-refractivity contribution in [3.05, 3.63) is 106 Å². The van der Waals surface area contributed by atoms with Crippen molar-refractivity contribution in [2.24, 2.45) is 0 Å². The highest BCUT2D eigenvalue weighted by atomic mass is 16.6. The number of ketones is 1. The van der Waals surface area contributed by atoms with E-state index in [0.717, 1.165) is 16.8 Å². The summed E-state index contributed by atoms with van der Waals surface area (Å²) in [6.45, 7) is 2.01. The molecule has 0 aromatic heterocycles. The Morgan fingerprint density at radius 1 is 0.963 bits per heavy atom. The summed E-state index contributed by atoms with van der Waals surface area (Å²) in [5.74, 6) is 0.0376. The molecular weight excluding hydrogens is 340 g/mol. The zero-order valence-corrected chi connectivity index (χ0v) is 15.0. The van der Waals surface area contributed by atoms with E-state index in [-0.39, 0.29) is 23.9 Å². The first-order valence-electron chi connectivity index (χ1n) is 8.69. The van der Waals surface area contributed by atoms with Crippen LogP contribution in [0, 0.1) is 17.0 Å². The highest BCUT2D eigenvalue weighted by Gasteiger charge is 2.18. The van der Waals surface area contributed by atoms with E-state index in [0.29, 0.717) is 5.56 Å². The molecule has 0 saturated heterocycles. The molecule has 27 heavy (non-hydrogen) atoms. The summed E-state index contributed by atoms with van der Waals surface area (Å²) in [5.41, 5.74) is 3.56. The van der Waals surface area contributed by atoms with Crippen LogP contribution in [0.15, 0.2) is 78.9 Å². The van der Waals surface area contributed by atoms with Gasteiger partial charge < -0.3 is 5.32 Å². The Labute approximate surface area is 157 Å². The van der Waals surface area contributed by atoms with Gasteiger partial charge in [-0.15, -0.1) is 0 Å². The largest absolute Gasteiger partial charge is 0.378 e. The molecule has 3 aromatic carbocycles. The molecule has 3 aromatic rings. The Hall–Kier alpha value is -3.47. The molecule has 5 heteroatoms. The number of carbonyl (C=O) groups excluding carboxylic acids is 1. The fourth-order valence-electron chi connectivity index (χ4n) is 2.86. The van der Waals surface area contributed by atoms with Gasteiger partial charge in [-0.2, -0.15) is 0 Å². The lowest BCUT2D eigenvalue weighted by Gasteiger charge is -2.20. The molecule has 136 valence electrons. The number of hydrogen-bond donors (Lipinski definition) is 1. The monoisotopic (exact) mass is 360 g/mol. The van der Waals surface area contributed by atoms with E-state index in [1.807, 2.05) is 49.4 Å². The van der Waals surface area contributed by atoms with Gasteiger partial charge in [-0.1, -0.05) is 60.2 Å². The van der Waals surface area contributed by atoms with Crippen LogP contribution in [-0.2, 0) is 0 Å². The minimum Gasteiger partial charge on any atom is -0.378 e. The zero-order chi connectivity index (χ0) is 19.2. The molecule has 0 amide bonds. The average Bonchev–Trinajstić information content (AvgIpc) is 2.69. The first kappa shape index (κ1) is 18.3. The number of nitro groups is 1. The minimum absolute atomic E-state index is 0.0350. The number of hydrogen-bond acceptors (Lipinski definition) is 4. The van der Waals surface area contributed by atoms with Crippen LogP contribution in [0.25, 0.3) is 0 Å². The van der Waals surface area contributed by atoms with Gasteiger partial charge in [-0.05, 0) is 24.6 Å². The maximum Gasteiger partial charge on any atom is 0.269 e. The second-order valence-corrected chi connectivity index (χ2v) is 6.40. The van der Waals surface area contributed by atoms with Gasteiger partial charge in [0.2, 0.25) is 0 Å². The van der Waals surface area contributed by atoms with Crippen LogP contribution in [-0.4, -0.2) is 10.7 Å². The molecule has 0 spiro atoms. The summed E-state index contributed by atoms with van der Waals surface area (Å²) in [6.07, 6.45) is 0.282. The van der Waals surface area contributed by atoms with Gasteiger partial charge in [0, 0.05) is 29.8 Å². The van der Waals surface area contributed by atoms with Crippen LogP contribution < -0.4 is 5.32 Å². The summed E-state index contributed by atoms with van der Waals surface area (Å²) < 4.78 is 0. The quantitative estimate of drug-likeness (QED) is 0.351. The lowest BCUT2D eigenvalue weighted by molar-refractivity contribution is -0.384. The summed E-state index contributed by atoms with van der Waals surface area (Å²) in [4.78, 5) is 23.1. The van der Waals surface area contributed by atoms with E-state index < -0.39 is 4.92 Å². The number of Topliss-reactive ketones (excluding diaryl/α,β-unsaturated/α-hetero) is 1. The van der Waals surface area contributed by atoms with E-state index in [1.165, 1.54) is 12.1 Å². The first-order chi connectivity index (χ1) is 13.0. The number of rotatable bonds is 7. The second-order valence-electron chi connectivity index (χ2n) is 6.40. The Kier molecular flexibility index (Phi) is 5.61. The fourth-order valence-corrected chi connectivity index (χ4v) is 2.86. The third kappa shape index (κ3) is 4.79. The Bertz CT molecular complexity index is 920. The van der Waals surface area contributed by atoms with Gasteiger partial charge in [0.05, 0.1) is 11.0 Å². The first-order valence-corrected chi connectivity index (χ1v) is 8.69. The summed E-state index contributed by atoms with van der Waals surface area (Å²) in [5, 5.41) is 14.2. The molecule has 0 bridgehead atoms.